The summed E-state index contributed by atoms with van der Waals surface area (Å²) < 4.78 is 6.18. The number of hydrogen-bond donors (Lipinski definition) is 0. The number of imidazole rings is 3. The number of fused-ring (bicyclic) bond motifs is 1. The largest absolute Gasteiger partial charge is 0.337 e. The maximum Gasteiger partial charge on any atom is 0.193 e. The zero-order chi connectivity index (χ0) is 15.3. The van der Waals surface area contributed by atoms with E-state index in [1.54, 1.807) is 11.3 Å². The maximum absolute atomic E-state index is 4.69. The molecule has 0 amide bonds. The molecule has 4 heterocycles. The molecule has 0 bridgehead atoms. The summed E-state index contributed by atoms with van der Waals surface area (Å²) in [6.07, 6.45) is 9.91. The van der Waals surface area contributed by atoms with Gasteiger partial charge in [-0.3, -0.25) is 4.40 Å². The number of hydrogen-bond acceptors (Lipinski definition) is 4. The van der Waals surface area contributed by atoms with Crippen molar-refractivity contribution in [2.45, 2.75) is 19.9 Å². The third-order valence-corrected chi connectivity index (χ3v) is 4.73. The Balaban J connectivity index is 1.76. The molecule has 0 aliphatic carbocycles. The molecule has 0 aromatic carbocycles. The van der Waals surface area contributed by atoms with Crippen molar-refractivity contribution in [3.63, 3.8) is 0 Å². The zero-order valence-electron chi connectivity index (χ0n) is 12.6. The first-order chi connectivity index (χ1) is 10.6. The van der Waals surface area contributed by atoms with E-state index in [1.807, 2.05) is 48.7 Å². The first-order valence-electron chi connectivity index (χ1n) is 7.09. The highest BCUT2D eigenvalue weighted by Crippen LogP contribution is 2.25. The molecule has 1 atom stereocenters. The van der Waals surface area contributed by atoms with Crippen LogP contribution in [0.2, 0.25) is 0 Å². The molecule has 0 fully saturated rings. The van der Waals surface area contributed by atoms with Gasteiger partial charge in [0.15, 0.2) is 10.8 Å². The van der Waals surface area contributed by atoms with Crippen LogP contribution in [0.5, 0.6) is 0 Å². The van der Waals surface area contributed by atoms with Gasteiger partial charge in [0.2, 0.25) is 0 Å². The Kier molecular flexibility index (Phi) is 2.90. The number of nitrogens with zero attached hydrogens (tertiary/aromatic N) is 6. The Morgan fingerprint density at radius 3 is 2.77 bits per heavy atom. The van der Waals surface area contributed by atoms with Crippen LogP contribution < -0.4 is 0 Å². The second-order valence-corrected chi connectivity index (χ2v) is 6.25. The van der Waals surface area contributed by atoms with Crippen molar-refractivity contribution in [2.24, 2.45) is 7.05 Å². The molecule has 0 aliphatic heterocycles. The van der Waals surface area contributed by atoms with Gasteiger partial charge in [-0.2, -0.15) is 0 Å². The molecule has 0 N–H and O–H groups in total. The van der Waals surface area contributed by atoms with Gasteiger partial charge in [-0.25, -0.2) is 15.0 Å². The van der Waals surface area contributed by atoms with Gasteiger partial charge >= 0.3 is 0 Å². The monoisotopic (exact) mass is 312 g/mol. The molecule has 0 radical (unpaired) electrons. The van der Waals surface area contributed by atoms with E-state index in [0.29, 0.717) is 0 Å². The number of aromatic nitrogens is 6. The summed E-state index contributed by atoms with van der Waals surface area (Å²) in [5.74, 6) is 1.84. The summed E-state index contributed by atoms with van der Waals surface area (Å²) in [6.45, 7) is 4.12. The molecule has 0 spiro atoms. The van der Waals surface area contributed by atoms with Crippen LogP contribution in [0.25, 0.3) is 16.5 Å². The standard InChI is InChI=1S/C15H16N6S/c1-10(12-9-20-6-7-22-15(20)18-12)21-5-4-16-14(21)13-8-19(3)11(2)17-13/h4-10H,1-3H3. The van der Waals surface area contributed by atoms with E-state index in [0.717, 1.165) is 28.0 Å². The molecule has 1 unspecified atom stereocenters. The van der Waals surface area contributed by atoms with Gasteiger partial charge in [0.05, 0.1) is 11.7 Å². The van der Waals surface area contributed by atoms with E-state index in [-0.39, 0.29) is 6.04 Å². The molecule has 22 heavy (non-hydrogen) atoms. The van der Waals surface area contributed by atoms with Gasteiger partial charge < -0.3 is 9.13 Å². The highest BCUT2D eigenvalue weighted by atomic mass is 32.1. The second kappa shape index (κ2) is 4.81. The third kappa shape index (κ3) is 1.97. The molecule has 6 nitrogen and oxygen atoms in total. The van der Waals surface area contributed by atoms with Crippen LogP contribution in [-0.4, -0.2) is 28.5 Å². The zero-order valence-corrected chi connectivity index (χ0v) is 13.4. The van der Waals surface area contributed by atoms with Gasteiger partial charge in [0, 0.05) is 43.4 Å². The van der Waals surface area contributed by atoms with Crippen LogP contribution in [0, 0.1) is 6.92 Å². The van der Waals surface area contributed by atoms with E-state index in [9.17, 15) is 0 Å². The lowest BCUT2D eigenvalue weighted by atomic mass is 10.2. The molecular weight excluding hydrogens is 296 g/mol. The fourth-order valence-corrected chi connectivity index (χ4v) is 3.29. The predicted octanol–water partition coefficient (Wildman–Crippen LogP) is 2.91. The maximum atomic E-state index is 4.69. The van der Waals surface area contributed by atoms with Crippen molar-refractivity contribution in [3.05, 3.63) is 47.9 Å². The summed E-state index contributed by atoms with van der Waals surface area (Å²) in [7, 11) is 1.99. The SMILES string of the molecule is Cc1nc(-c2nccn2C(C)c2cn3ccsc3n2)cn1C. The van der Waals surface area contributed by atoms with Crippen molar-refractivity contribution in [1.29, 1.82) is 0 Å². The Hall–Kier alpha value is -2.41. The second-order valence-electron chi connectivity index (χ2n) is 5.38. The van der Waals surface area contributed by atoms with E-state index < -0.39 is 0 Å². The van der Waals surface area contributed by atoms with Crippen molar-refractivity contribution in [2.75, 3.05) is 0 Å². The normalized spacial score (nSPS) is 13.0. The average molecular weight is 312 g/mol. The fraction of sp³-hybridized carbons (Fsp3) is 0.267. The first-order valence-corrected chi connectivity index (χ1v) is 7.96. The minimum absolute atomic E-state index is 0.104. The van der Waals surface area contributed by atoms with E-state index in [2.05, 4.69) is 32.1 Å². The van der Waals surface area contributed by atoms with Crippen molar-refractivity contribution >= 4 is 16.3 Å². The lowest BCUT2D eigenvalue weighted by molar-refractivity contribution is 0.630. The first kappa shape index (κ1) is 13.3. The number of aryl methyl sites for hydroxylation is 2. The predicted molar refractivity (Wildman–Crippen MR) is 86.0 cm³/mol. The van der Waals surface area contributed by atoms with Crippen LogP contribution in [0.15, 0.2) is 36.4 Å². The summed E-state index contributed by atoms with van der Waals surface area (Å²) in [6, 6.07) is 0.104. The topological polar surface area (TPSA) is 52.9 Å². The quantitative estimate of drug-likeness (QED) is 0.584. The van der Waals surface area contributed by atoms with Gasteiger partial charge in [0.1, 0.15) is 11.5 Å². The van der Waals surface area contributed by atoms with Gasteiger partial charge in [-0.15, -0.1) is 11.3 Å². The molecule has 0 saturated carbocycles. The number of rotatable bonds is 3. The number of thiazole rings is 1. The van der Waals surface area contributed by atoms with Crippen LogP contribution in [0.1, 0.15) is 24.5 Å². The molecule has 0 saturated heterocycles. The van der Waals surface area contributed by atoms with E-state index in [4.69, 9.17) is 4.98 Å². The molecule has 0 aliphatic rings. The fourth-order valence-electron chi connectivity index (χ4n) is 2.58. The lowest BCUT2D eigenvalue weighted by Gasteiger charge is -2.13. The van der Waals surface area contributed by atoms with E-state index in [1.165, 1.54) is 0 Å². The minimum atomic E-state index is 0.104. The van der Waals surface area contributed by atoms with Gasteiger partial charge in [-0.05, 0) is 13.8 Å². The van der Waals surface area contributed by atoms with Crippen LogP contribution in [0.4, 0.5) is 0 Å². The minimum Gasteiger partial charge on any atom is -0.337 e. The summed E-state index contributed by atoms with van der Waals surface area (Å²) >= 11 is 1.64. The third-order valence-electron chi connectivity index (χ3n) is 3.96. The Bertz CT molecular complexity index is 892. The van der Waals surface area contributed by atoms with Crippen molar-refractivity contribution in [1.82, 2.24) is 28.5 Å². The van der Waals surface area contributed by atoms with E-state index >= 15 is 0 Å². The molecule has 4 aromatic rings. The van der Waals surface area contributed by atoms with Gasteiger partial charge in [0.25, 0.3) is 0 Å². The van der Waals surface area contributed by atoms with Gasteiger partial charge in [-0.1, -0.05) is 0 Å². The Labute approximate surface area is 131 Å². The highest BCUT2D eigenvalue weighted by Gasteiger charge is 2.18. The summed E-state index contributed by atoms with van der Waals surface area (Å²) in [4.78, 5) is 14.8. The van der Waals surface area contributed by atoms with Crippen LogP contribution in [-0.2, 0) is 7.05 Å². The van der Waals surface area contributed by atoms with Crippen LogP contribution in [0.3, 0.4) is 0 Å². The van der Waals surface area contributed by atoms with Crippen molar-refractivity contribution in [3.8, 4) is 11.5 Å². The summed E-state index contributed by atoms with van der Waals surface area (Å²) in [5, 5.41) is 2.04. The average Bonchev–Trinajstić information content (AvgIpc) is 3.21. The Morgan fingerprint density at radius 1 is 1.18 bits per heavy atom. The molecular formula is C15H16N6S. The van der Waals surface area contributed by atoms with Crippen LogP contribution >= 0.6 is 11.3 Å². The van der Waals surface area contributed by atoms with Crippen molar-refractivity contribution < 1.29 is 0 Å². The smallest absolute Gasteiger partial charge is 0.193 e. The lowest BCUT2D eigenvalue weighted by Crippen LogP contribution is -2.08. The molecule has 4 aromatic heterocycles. The highest BCUT2D eigenvalue weighted by molar-refractivity contribution is 7.15. The summed E-state index contributed by atoms with van der Waals surface area (Å²) in [5.41, 5.74) is 1.91. The molecule has 4 rings (SSSR count). The molecule has 7 heteroatoms. The molecule has 112 valence electrons. The Morgan fingerprint density at radius 2 is 2.05 bits per heavy atom.